The number of hydrogen-bond donors (Lipinski definition) is 2. The molecule has 9 heteroatoms. The number of carbonyl (C=O) groups excluding carboxylic acids is 2. The van der Waals surface area contributed by atoms with Gasteiger partial charge in [0.15, 0.2) is 0 Å². The third-order valence-corrected chi connectivity index (χ3v) is 3.87. The van der Waals surface area contributed by atoms with Crippen molar-refractivity contribution in [2.24, 2.45) is 10.2 Å². The Hall–Kier alpha value is -4.20. The SMILES string of the molecule is O=C(N/N=C/c1ccco1)c1ccccc1.O=C(N/N=C/c1ccco1)c1ccccc1.[Cu]. The Morgan fingerprint density at radius 1 is 0.606 bits per heavy atom. The molecular formula is C24H20CuN4O4. The van der Waals surface area contributed by atoms with Gasteiger partial charge in [-0.05, 0) is 48.5 Å². The van der Waals surface area contributed by atoms with Gasteiger partial charge < -0.3 is 8.83 Å². The Balaban J connectivity index is 0.000000227. The van der Waals surface area contributed by atoms with Crippen LogP contribution < -0.4 is 10.9 Å². The van der Waals surface area contributed by atoms with Gasteiger partial charge in [0, 0.05) is 28.2 Å². The van der Waals surface area contributed by atoms with E-state index in [4.69, 9.17) is 8.83 Å². The first-order valence-electron chi connectivity index (χ1n) is 9.56. The molecular weight excluding hydrogens is 472 g/mol. The molecule has 0 atom stereocenters. The molecule has 2 N–H and O–H groups in total. The normalized spacial score (nSPS) is 10.2. The number of furan rings is 2. The summed E-state index contributed by atoms with van der Waals surface area (Å²) in [5.74, 6) is 0.688. The van der Waals surface area contributed by atoms with Gasteiger partial charge in [-0.1, -0.05) is 36.4 Å². The average Bonchev–Trinajstić information content (AvgIpc) is 3.55. The zero-order valence-electron chi connectivity index (χ0n) is 17.2. The largest absolute Gasteiger partial charge is 0.463 e. The van der Waals surface area contributed by atoms with E-state index >= 15 is 0 Å². The Bertz CT molecular complexity index is 1050. The van der Waals surface area contributed by atoms with Crippen molar-refractivity contribution in [2.45, 2.75) is 0 Å². The first kappa shape index (κ1) is 25.1. The van der Waals surface area contributed by atoms with Gasteiger partial charge in [-0.3, -0.25) is 9.59 Å². The molecule has 0 aliphatic carbocycles. The van der Waals surface area contributed by atoms with Crippen LogP contribution >= 0.6 is 0 Å². The number of nitrogens with zero attached hydrogens (tertiary/aromatic N) is 2. The van der Waals surface area contributed by atoms with Gasteiger partial charge in [0.1, 0.15) is 11.5 Å². The summed E-state index contributed by atoms with van der Waals surface area (Å²) in [4.78, 5) is 23.0. The summed E-state index contributed by atoms with van der Waals surface area (Å²) >= 11 is 0. The molecule has 2 heterocycles. The molecule has 8 nitrogen and oxygen atoms in total. The molecule has 4 aromatic rings. The molecule has 0 aliphatic heterocycles. The van der Waals surface area contributed by atoms with Crippen LogP contribution in [0.3, 0.4) is 0 Å². The van der Waals surface area contributed by atoms with E-state index in [1.165, 1.54) is 12.4 Å². The number of rotatable bonds is 6. The van der Waals surface area contributed by atoms with E-state index in [1.807, 2.05) is 12.1 Å². The second-order valence-electron chi connectivity index (χ2n) is 6.16. The van der Waals surface area contributed by atoms with Gasteiger partial charge in [0.2, 0.25) is 0 Å². The molecule has 171 valence electrons. The van der Waals surface area contributed by atoms with Crippen LogP contribution in [0, 0.1) is 0 Å². The van der Waals surface area contributed by atoms with Gasteiger partial charge in [-0.15, -0.1) is 0 Å². The molecule has 0 aliphatic rings. The van der Waals surface area contributed by atoms with Crippen LogP contribution in [0.1, 0.15) is 32.2 Å². The molecule has 0 bridgehead atoms. The van der Waals surface area contributed by atoms with Crippen molar-refractivity contribution in [3.05, 3.63) is 120 Å². The third-order valence-electron chi connectivity index (χ3n) is 3.87. The molecule has 2 aromatic carbocycles. The van der Waals surface area contributed by atoms with Crippen molar-refractivity contribution >= 4 is 24.2 Å². The van der Waals surface area contributed by atoms with E-state index < -0.39 is 0 Å². The summed E-state index contributed by atoms with van der Waals surface area (Å²) in [6.07, 6.45) is 5.97. The number of nitrogens with one attached hydrogen (secondary N) is 2. The van der Waals surface area contributed by atoms with Crippen LogP contribution in [0.4, 0.5) is 0 Å². The molecule has 0 spiro atoms. The molecule has 1 radical (unpaired) electrons. The zero-order valence-corrected chi connectivity index (χ0v) is 18.2. The average molecular weight is 492 g/mol. The van der Waals surface area contributed by atoms with E-state index in [-0.39, 0.29) is 28.9 Å². The van der Waals surface area contributed by atoms with Crippen molar-refractivity contribution in [3.63, 3.8) is 0 Å². The van der Waals surface area contributed by atoms with Crippen molar-refractivity contribution in [3.8, 4) is 0 Å². The molecule has 0 fully saturated rings. The Morgan fingerprint density at radius 3 is 1.33 bits per heavy atom. The van der Waals surface area contributed by atoms with E-state index in [1.54, 1.807) is 85.3 Å². The topological polar surface area (TPSA) is 109 Å². The summed E-state index contributed by atoms with van der Waals surface area (Å²) in [5.41, 5.74) is 5.95. The molecule has 0 unspecified atom stereocenters. The molecule has 2 aromatic heterocycles. The first-order chi connectivity index (χ1) is 15.7. The Kier molecular flexibility index (Phi) is 10.6. The number of carbonyl (C=O) groups is 2. The standard InChI is InChI=1S/2C12H10N2O2.Cu/c2*15-12(10-5-2-1-3-6-10)14-13-9-11-7-4-8-16-11;/h2*1-9H,(H,14,15);/b2*13-9+;. The molecule has 0 saturated carbocycles. The third kappa shape index (κ3) is 8.82. The predicted molar refractivity (Wildman–Crippen MR) is 120 cm³/mol. The van der Waals surface area contributed by atoms with Crippen LogP contribution in [-0.4, -0.2) is 24.2 Å². The van der Waals surface area contributed by atoms with E-state index in [0.717, 1.165) is 0 Å². The minimum absolute atomic E-state index is 0. The van der Waals surface area contributed by atoms with Crippen molar-refractivity contribution in [1.29, 1.82) is 0 Å². The van der Waals surface area contributed by atoms with Gasteiger partial charge >= 0.3 is 0 Å². The minimum Gasteiger partial charge on any atom is -0.463 e. The smallest absolute Gasteiger partial charge is 0.271 e. The monoisotopic (exact) mass is 491 g/mol. The summed E-state index contributed by atoms with van der Waals surface area (Å²) in [6.45, 7) is 0. The van der Waals surface area contributed by atoms with Crippen LogP contribution in [0.25, 0.3) is 0 Å². The molecule has 2 amide bonds. The summed E-state index contributed by atoms with van der Waals surface area (Å²) in [5, 5.41) is 7.54. The quantitative estimate of drug-likeness (QED) is 0.240. The van der Waals surface area contributed by atoms with Gasteiger partial charge in [0.05, 0.1) is 25.0 Å². The first-order valence-corrected chi connectivity index (χ1v) is 9.56. The fourth-order valence-corrected chi connectivity index (χ4v) is 2.35. The summed E-state index contributed by atoms with van der Waals surface area (Å²) in [6, 6.07) is 24.8. The second kappa shape index (κ2) is 14.0. The Morgan fingerprint density at radius 2 is 1.00 bits per heavy atom. The fourth-order valence-electron chi connectivity index (χ4n) is 2.35. The predicted octanol–water partition coefficient (Wildman–Crippen LogP) is 4.08. The number of hydrazone groups is 2. The zero-order chi connectivity index (χ0) is 22.4. The van der Waals surface area contributed by atoms with Crippen LogP contribution in [0.15, 0.2) is 116 Å². The van der Waals surface area contributed by atoms with E-state index in [0.29, 0.717) is 22.6 Å². The Labute approximate surface area is 200 Å². The van der Waals surface area contributed by atoms with Gasteiger partial charge in [-0.2, -0.15) is 10.2 Å². The minimum atomic E-state index is -0.247. The van der Waals surface area contributed by atoms with Crippen LogP contribution in [-0.2, 0) is 17.1 Å². The van der Waals surface area contributed by atoms with E-state index in [2.05, 4.69) is 21.1 Å². The maximum Gasteiger partial charge on any atom is 0.271 e. The maximum absolute atomic E-state index is 11.5. The fraction of sp³-hybridized carbons (Fsp3) is 0. The summed E-state index contributed by atoms with van der Waals surface area (Å²) in [7, 11) is 0. The summed E-state index contributed by atoms with van der Waals surface area (Å²) < 4.78 is 10.0. The van der Waals surface area contributed by atoms with Crippen LogP contribution in [0.2, 0.25) is 0 Å². The number of hydrogen-bond acceptors (Lipinski definition) is 6. The van der Waals surface area contributed by atoms with Crippen molar-refractivity contribution in [2.75, 3.05) is 0 Å². The molecule has 33 heavy (non-hydrogen) atoms. The maximum atomic E-state index is 11.5. The van der Waals surface area contributed by atoms with E-state index in [9.17, 15) is 9.59 Å². The van der Waals surface area contributed by atoms with Gasteiger partial charge in [0.25, 0.3) is 11.8 Å². The molecule has 0 saturated heterocycles. The van der Waals surface area contributed by atoms with Crippen LogP contribution in [0.5, 0.6) is 0 Å². The number of amides is 2. The second-order valence-corrected chi connectivity index (χ2v) is 6.16. The van der Waals surface area contributed by atoms with Crippen molar-refractivity contribution < 1.29 is 35.5 Å². The van der Waals surface area contributed by atoms with Crippen molar-refractivity contribution in [1.82, 2.24) is 10.9 Å². The number of benzene rings is 2. The van der Waals surface area contributed by atoms with Gasteiger partial charge in [-0.25, -0.2) is 10.9 Å². The molecule has 4 rings (SSSR count).